The lowest BCUT2D eigenvalue weighted by atomic mass is 9.69. The number of carbonyl (C=O) groups is 1. The van der Waals surface area contributed by atoms with Crippen molar-refractivity contribution in [1.82, 2.24) is 20.0 Å². The molecule has 2 aliphatic carbocycles. The van der Waals surface area contributed by atoms with Crippen molar-refractivity contribution in [1.29, 1.82) is 0 Å². The number of carbonyl (C=O) groups excluding carboxylic acids is 1. The van der Waals surface area contributed by atoms with Gasteiger partial charge in [-0.15, -0.1) is 0 Å². The number of hydrogen-bond acceptors (Lipinski definition) is 4. The lowest BCUT2D eigenvalue weighted by molar-refractivity contribution is 0.0297. The first-order chi connectivity index (χ1) is 16.2. The van der Waals surface area contributed by atoms with Gasteiger partial charge in [0.15, 0.2) is 5.69 Å². The van der Waals surface area contributed by atoms with Gasteiger partial charge in [0, 0.05) is 48.9 Å². The first-order valence-electron chi connectivity index (χ1n) is 12.9. The Morgan fingerprint density at radius 1 is 1.15 bits per heavy atom. The molecule has 1 aromatic carbocycles. The van der Waals surface area contributed by atoms with E-state index >= 15 is 0 Å². The van der Waals surface area contributed by atoms with E-state index in [-0.39, 0.29) is 11.3 Å². The molecule has 1 amide bonds. The monoisotopic (exact) mass is 450 g/mol. The molecule has 0 radical (unpaired) electrons. The Hall–Kier alpha value is -2.18. The van der Waals surface area contributed by atoms with E-state index in [0.717, 1.165) is 32.4 Å². The van der Waals surface area contributed by atoms with E-state index in [4.69, 9.17) is 9.84 Å². The van der Waals surface area contributed by atoms with Crippen molar-refractivity contribution in [2.45, 2.75) is 76.3 Å². The molecule has 0 unspecified atom stereocenters. The van der Waals surface area contributed by atoms with Gasteiger partial charge >= 0.3 is 0 Å². The van der Waals surface area contributed by atoms with Crippen LogP contribution in [0, 0.1) is 0 Å². The van der Waals surface area contributed by atoms with E-state index in [1.807, 2.05) is 4.90 Å². The number of hydrogen-bond donors (Lipinski definition) is 1. The molecule has 3 aliphatic rings. The average molecular weight is 451 g/mol. The number of ether oxygens (including phenoxy) is 1. The van der Waals surface area contributed by atoms with Gasteiger partial charge in [0.25, 0.3) is 5.91 Å². The number of benzene rings is 1. The van der Waals surface area contributed by atoms with E-state index in [9.17, 15) is 4.79 Å². The lowest BCUT2D eigenvalue weighted by Crippen LogP contribution is -2.46. The van der Waals surface area contributed by atoms with Gasteiger partial charge in [0.2, 0.25) is 0 Å². The van der Waals surface area contributed by atoms with Gasteiger partial charge < -0.3 is 15.0 Å². The third-order valence-corrected chi connectivity index (χ3v) is 8.07. The SMILES string of the molecule is CCn1nc(C(=O)N2CCOCC2)c2c1CC[C@H](NCC1(c3ccccc3)CCCCC1)C2. The van der Waals surface area contributed by atoms with Crippen LogP contribution in [0.5, 0.6) is 0 Å². The van der Waals surface area contributed by atoms with Crippen LogP contribution in [-0.4, -0.2) is 59.5 Å². The Morgan fingerprint density at radius 2 is 1.91 bits per heavy atom. The quantitative estimate of drug-likeness (QED) is 0.729. The van der Waals surface area contributed by atoms with E-state index in [2.05, 4.69) is 47.3 Å². The maximum Gasteiger partial charge on any atom is 0.274 e. The van der Waals surface area contributed by atoms with Crippen molar-refractivity contribution >= 4 is 5.91 Å². The highest BCUT2D eigenvalue weighted by molar-refractivity contribution is 5.94. The number of nitrogens with zero attached hydrogens (tertiary/aromatic N) is 3. The van der Waals surface area contributed by atoms with Crippen LogP contribution in [0.1, 0.15) is 72.8 Å². The van der Waals surface area contributed by atoms with Crippen molar-refractivity contribution in [2.75, 3.05) is 32.8 Å². The molecule has 1 N–H and O–H groups in total. The summed E-state index contributed by atoms with van der Waals surface area (Å²) >= 11 is 0. The Bertz CT molecular complexity index is 943. The fraction of sp³-hybridized carbons (Fsp3) is 0.630. The number of nitrogens with one attached hydrogen (secondary N) is 1. The number of rotatable bonds is 6. The van der Waals surface area contributed by atoms with Crippen molar-refractivity contribution in [3.8, 4) is 0 Å². The number of morpholine rings is 1. The number of amides is 1. The molecule has 0 spiro atoms. The van der Waals surface area contributed by atoms with E-state index in [0.29, 0.717) is 38.0 Å². The third kappa shape index (κ3) is 4.60. The summed E-state index contributed by atoms with van der Waals surface area (Å²) in [5.41, 5.74) is 4.84. The Morgan fingerprint density at radius 3 is 2.64 bits per heavy atom. The normalized spacial score (nSPS) is 22.7. The van der Waals surface area contributed by atoms with Crippen molar-refractivity contribution in [2.24, 2.45) is 0 Å². The number of aryl methyl sites for hydroxylation is 1. The highest BCUT2D eigenvalue weighted by atomic mass is 16.5. The fourth-order valence-corrected chi connectivity index (χ4v) is 6.14. The molecular weight excluding hydrogens is 412 g/mol. The lowest BCUT2D eigenvalue weighted by Gasteiger charge is -2.40. The summed E-state index contributed by atoms with van der Waals surface area (Å²) in [5.74, 6) is 0.0791. The molecule has 1 atom stereocenters. The maximum absolute atomic E-state index is 13.3. The molecule has 1 aromatic heterocycles. The van der Waals surface area contributed by atoms with Gasteiger partial charge in [-0.25, -0.2) is 0 Å². The second kappa shape index (κ2) is 9.98. The molecule has 2 heterocycles. The fourth-order valence-electron chi connectivity index (χ4n) is 6.14. The van der Waals surface area contributed by atoms with Crippen LogP contribution >= 0.6 is 0 Å². The molecule has 6 nitrogen and oxygen atoms in total. The Kier molecular flexibility index (Phi) is 6.84. The minimum absolute atomic E-state index is 0.0791. The van der Waals surface area contributed by atoms with Gasteiger partial charge in [-0.1, -0.05) is 49.6 Å². The highest BCUT2D eigenvalue weighted by Crippen LogP contribution is 2.39. The molecule has 6 heteroatoms. The zero-order valence-corrected chi connectivity index (χ0v) is 20.0. The van der Waals surface area contributed by atoms with Gasteiger partial charge in [0.05, 0.1) is 13.2 Å². The van der Waals surface area contributed by atoms with Crippen LogP contribution in [0.3, 0.4) is 0 Å². The highest BCUT2D eigenvalue weighted by Gasteiger charge is 2.36. The summed E-state index contributed by atoms with van der Waals surface area (Å²) in [5, 5.41) is 8.75. The van der Waals surface area contributed by atoms with Crippen LogP contribution in [0.2, 0.25) is 0 Å². The van der Waals surface area contributed by atoms with E-state index in [1.54, 1.807) is 0 Å². The summed E-state index contributed by atoms with van der Waals surface area (Å²) in [6, 6.07) is 11.5. The van der Waals surface area contributed by atoms with Crippen molar-refractivity contribution in [3.63, 3.8) is 0 Å². The topological polar surface area (TPSA) is 59.4 Å². The Labute approximate surface area is 197 Å². The van der Waals surface area contributed by atoms with Gasteiger partial charge in [-0.05, 0) is 44.6 Å². The number of fused-ring (bicyclic) bond motifs is 1. The molecule has 0 bridgehead atoms. The molecule has 2 aromatic rings. The zero-order chi connectivity index (χ0) is 22.7. The van der Waals surface area contributed by atoms with Crippen LogP contribution in [-0.2, 0) is 29.5 Å². The van der Waals surface area contributed by atoms with Crippen LogP contribution in [0.25, 0.3) is 0 Å². The summed E-state index contributed by atoms with van der Waals surface area (Å²) < 4.78 is 7.51. The molecule has 5 rings (SSSR count). The van der Waals surface area contributed by atoms with Gasteiger partial charge in [-0.3, -0.25) is 9.48 Å². The minimum Gasteiger partial charge on any atom is -0.378 e. The minimum atomic E-state index is 0.0791. The van der Waals surface area contributed by atoms with Crippen LogP contribution < -0.4 is 5.32 Å². The second-order valence-corrected chi connectivity index (χ2v) is 10.0. The van der Waals surface area contributed by atoms with Crippen LogP contribution in [0.4, 0.5) is 0 Å². The third-order valence-electron chi connectivity index (χ3n) is 8.07. The summed E-state index contributed by atoms with van der Waals surface area (Å²) in [4.78, 5) is 15.2. The largest absolute Gasteiger partial charge is 0.378 e. The van der Waals surface area contributed by atoms with Gasteiger partial charge in [0.1, 0.15) is 0 Å². The standard InChI is InChI=1S/C27H38N4O2/c1-2-31-24-12-11-22(19-23(24)25(29-31)26(32)30-15-17-33-18-16-30)28-20-27(13-7-4-8-14-27)21-9-5-3-6-10-21/h3,5-6,9-10,22,28H,2,4,7-8,11-20H2,1H3/t22-/m0/s1. The average Bonchev–Trinajstić information content (AvgIpc) is 3.26. The Balaban J connectivity index is 1.33. The first-order valence-corrected chi connectivity index (χ1v) is 12.9. The van der Waals surface area contributed by atoms with Crippen molar-refractivity contribution < 1.29 is 9.53 Å². The molecule has 178 valence electrons. The predicted octanol–water partition coefficient (Wildman–Crippen LogP) is 3.72. The summed E-state index contributed by atoms with van der Waals surface area (Å²) in [6.45, 7) is 6.51. The number of aromatic nitrogens is 2. The molecule has 2 fully saturated rings. The molecule has 1 aliphatic heterocycles. The van der Waals surface area contributed by atoms with Crippen LogP contribution in [0.15, 0.2) is 30.3 Å². The molecule has 1 saturated heterocycles. The molecule has 1 saturated carbocycles. The van der Waals surface area contributed by atoms with Crippen molar-refractivity contribution in [3.05, 3.63) is 52.8 Å². The maximum atomic E-state index is 13.3. The summed E-state index contributed by atoms with van der Waals surface area (Å²) in [7, 11) is 0. The first kappa shape index (κ1) is 22.6. The predicted molar refractivity (Wildman–Crippen MR) is 130 cm³/mol. The zero-order valence-electron chi connectivity index (χ0n) is 20.0. The molecule has 33 heavy (non-hydrogen) atoms. The molecular formula is C27H38N4O2. The smallest absolute Gasteiger partial charge is 0.274 e. The second-order valence-electron chi connectivity index (χ2n) is 10.0. The van der Waals surface area contributed by atoms with Gasteiger partial charge in [-0.2, -0.15) is 5.10 Å². The van der Waals surface area contributed by atoms with E-state index < -0.39 is 0 Å². The summed E-state index contributed by atoms with van der Waals surface area (Å²) in [6.07, 6.45) is 9.49. The van der Waals surface area contributed by atoms with E-state index in [1.165, 1.54) is 48.9 Å².